The first-order valence-electron chi connectivity index (χ1n) is 5.94. The van der Waals surface area contributed by atoms with Gasteiger partial charge >= 0.3 is 6.18 Å². The van der Waals surface area contributed by atoms with E-state index in [1.54, 1.807) is 0 Å². The monoisotopic (exact) mass is 257 g/mol. The van der Waals surface area contributed by atoms with Crippen LogP contribution in [0.5, 0.6) is 0 Å². The van der Waals surface area contributed by atoms with Crippen LogP contribution in [-0.4, -0.2) is 55.1 Å². The highest BCUT2D eigenvalue weighted by Crippen LogP contribution is 2.14. The van der Waals surface area contributed by atoms with Crippen molar-refractivity contribution in [2.75, 3.05) is 32.9 Å². The lowest BCUT2D eigenvalue weighted by molar-refractivity contribution is -0.175. The Hall–Kier alpha value is -0.330. The largest absolute Gasteiger partial charge is 0.411 e. The quantitative estimate of drug-likeness (QED) is 0.642. The van der Waals surface area contributed by atoms with Gasteiger partial charge < -0.3 is 9.84 Å². The number of hydrogen-bond acceptors (Lipinski definition) is 3. The summed E-state index contributed by atoms with van der Waals surface area (Å²) in [6, 6.07) is 0.289. The van der Waals surface area contributed by atoms with Gasteiger partial charge in [0.15, 0.2) is 0 Å². The molecule has 0 amide bonds. The van der Waals surface area contributed by atoms with Gasteiger partial charge in [0, 0.05) is 19.1 Å². The summed E-state index contributed by atoms with van der Waals surface area (Å²) in [4.78, 5) is 1.97. The highest BCUT2D eigenvalue weighted by atomic mass is 19.4. The standard InChI is InChI=1S/C11H22F3NO2/c1-3-10(4-2)15(5-7-16)6-8-17-9-11(12,13)14/h10,16H,3-9H2,1-2H3. The fourth-order valence-electron chi connectivity index (χ4n) is 1.78. The Morgan fingerprint density at radius 3 is 2.18 bits per heavy atom. The van der Waals surface area contributed by atoms with Gasteiger partial charge in [0.2, 0.25) is 0 Å². The van der Waals surface area contributed by atoms with E-state index in [1.807, 2.05) is 18.7 Å². The molecule has 1 N–H and O–H groups in total. The van der Waals surface area contributed by atoms with Crippen molar-refractivity contribution in [3.05, 3.63) is 0 Å². The zero-order valence-electron chi connectivity index (χ0n) is 10.5. The van der Waals surface area contributed by atoms with Gasteiger partial charge in [0.25, 0.3) is 0 Å². The molecule has 0 bridgehead atoms. The number of aliphatic hydroxyl groups excluding tert-OH is 1. The van der Waals surface area contributed by atoms with Crippen LogP contribution in [0.25, 0.3) is 0 Å². The van der Waals surface area contributed by atoms with Gasteiger partial charge in [-0.2, -0.15) is 13.2 Å². The van der Waals surface area contributed by atoms with Gasteiger partial charge in [-0.1, -0.05) is 13.8 Å². The first-order valence-corrected chi connectivity index (χ1v) is 5.94. The molecule has 0 aromatic rings. The Morgan fingerprint density at radius 2 is 1.76 bits per heavy atom. The van der Waals surface area contributed by atoms with E-state index in [-0.39, 0.29) is 19.3 Å². The van der Waals surface area contributed by atoms with Crippen molar-refractivity contribution in [1.82, 2.24) is 4.90 Å². The van der Waals surface area contributed by atoms with Crippen molar-refractivity contribution in [3.63, 3.8) is 0 Å². The molecule has 0 aromatic heterocycles. The molecular formula is C11H22F3NO2. The van der Waals surface area contributed by atoms with Crippen molar-refractivity contribution in [2.24, 2.45) is 0 Å². The summed E-state index contributed by atoms with van der Waals surface area (Å²) in [6.45, 7) is 3.78. The van der Waals surface area contributed by atoms with E-state index in [1.165, 1.54) is 0 Å². The Kier molecular flexibility index (Phi) is 8.55. The molecule has 0 saturated heterocycles. The number of hydrogen-bond donors (Lipinski definition) is 1. The molecule has 0 aliphatic carbocycles. The second-order valence-electron chi connectivity index (χ2n) is 3.90. The Morgan fingerprint density at radius 1 is 1.18 bits per heavy atom. The third-order valence-electron chi connectivity index (χ3n) is 2.63. The molecule has 0 radical (unpaired) electrons. The van der Waals surface area contributed by atoms with Crippen molar-refractivity contribution in [1.29, 1.82) is 0 Å². The molecule has 0 saturated carbocycles. The smallest absolute Gasteiger partial charge is 0.395 e. The predicted molar refractivity (Wildman–Crippen MR) is 59.9 cm³/mol. The Bertz CT molecular complexity index is 184. The van der Waals surface area contributed by atoms with Gasteiger partial charge in [0.1, 0.15) is 6.61 Å². The van der Waals surface area contributed by atoms with Gasteiger partial charge in [-0.15, -0.1) is 0 Å². The van der Waals surface area contributed by atoms with Crippen molar-refractivity contribution >= 4 is 0 Å². The second-order valence-corrected chi connectivity index (χ2v) is 3.90. The molecule has 17 heavy (non-hydrogen) atoms. The molecule has 0 aliphatic heterocycles. The predicted octanol–water partition coefficient (Wildman–Crippen LogP) is 2.05. The number of halogens is 3. The molecule has 3 nitrogen and oxygen atoms in total. The van der Waals surface area contributed by atoms with Crippen molar-refractivity contribution < 1.29 is 23.0 Å². The number of alkyl halides is 3. The zero-order chi connectivity index (χ0) is 13.3. The van der Waals surface area contributed by atoms with Crippen LogP contribution in [-0.2, 0) is 4.74 Å². The van der Waals surface area contributed by atoms with Crippen molar-refractivity contribution in [2.45, 2.75) is 38.9 Å². The van der Waals surface area contributed by atoms with Gasteiger partial charge in [0.05, 0.1) is 13.2 Å². The topological polar surface area (TPSA) is 32.7 Å². The second kappa shape index (κ2) is 8.72. The molecule has 0 rings (SSSR count). The first kappa shape index (κ1) is 16.7. The maximum atomic E-state index is 11.8. The minimum Gasteiger partial charge on any atom is -0.395 e. The van der Waals surface area contributed by atoms with Gasteiger partial charge in [-0.05, 0) is 12.8 Å². The Labute approximate surface area is 101 Å². The van der Waals surface area contributed by atoms with Crippen LogP contribution in [0.3, 0.4) is 0 Å². The maximum absolute atomic E-state index is 11.8. The fourth-order valence-corrected chi connectivity index (χ4v) is 1.78. The summed E-state index contributed by atoms with van der Waals surface area (Å²) >= 11 is 0. The van der Waals surface area contributed by atoms with Crippen LogP contribution in [0.2, 0.25) is 0 Å². The molecule has 6 heteroatoms. The minimum absolute atomic E-state index is 0.00969. The molecular weight excluding hydrogens is 235 g/mol. The molecule has 0 unspecified atom stereocenters. The molecule has 0 atom stereocenters. The van der Waals surface area contributed by atoms with E-state index in [4.69, 9.17) is 5.11 Å². The van der Waals surface area contributed by atoms with E-state index in [2.05, 4.69) is 4.74 Å². The van der Waals surface area contributed by atoms with Crippen molar-refractivity contribution in [3.8, 4) is 0 Å². The maximum Gasteiger partial charge on any atom is 0.411 e. The average Bonchev–Trinajstić information content (AvgIpc) is 2.24. The highest BCUT2D eigenvalue weighted by molar-refractivity contribution is 4.68. The lowest BCUT2D eigenvalue weighted by Crippen LogP contribution is -2.39. The highest BCUT2D eigenvalue weighted by Gasteiger charge is 2.27. The van der Waals surface area contributed by atoms with Crippen LogP contribution in [0.1, 0.15) is 26.7 Å². The van der Waals surface area contributed by atoms with E-state index in [0.29, 0.717) is 13.1 Å². The summed E-state index contributed by atoms with van der Waals surface area (Å²) in [7, 11) is 0. The lowest BCUT2D eigenvalue weighted by atomic mass is 10.1. The first-order chi connectivity index (χ1) is 7.94. The van der Waals surface area contributed by atoms with E-state index in [9.17, 15) is 13.2 Å². The summed E-state index contributed by atoms with van der Waals surface area (Å²) in [6.07, 6.45) is -2.44. The van der Waals surface area contributed by atoms with Crippen LogP contribution in [0.15, 0.2) is 0 Å². The third kappa shape index (κ3) is 8.40. The van der Waals surface area contributed by atoms with E-state index in [0.717, 1.165) is 12.8 Å². The minimum atomic E-state index is -4.27. The summed E-state index contributed by atoms with van der Waals surface area (Å²) < 4.78 is 40.1. The normalized spacial score (nSPS) is 12.7. The average molecular weight is 257 g/mol. The fraction of sp³-hybridized carbons (Fsp3) is 1.00. The number of aliphatic hydroxyl groups is 1. The van der Waals surface area contributed by atoms with Crippen LogP contribution in [0.4, 0.5) is 13.2 Å². The third-order valence-corrected chi connectivity index (χ3v) is 2.63. The van der Waals surface area contributed by atoms with Gasteiger partial charge in [-0.3, -0.25) is 4.90 Å². The summed E-state index contributed by atoms with van der Waals surface area (Å²) in [5, 5.41) is 8.90. The van der Waals surface area contributed by atoms with E-state index < -0.39 is 12.8 Å². The molecule has 0 aliphatic rings. The number of ether oxygens (including phenoxy) is 1. The Balaban J connectivity index is 3.92. The van der Waals surface area contributed by atoms with Crippen LogP contribution < -0.4 is 0 Å². The van der Waals surface area contributed by atoms with E-state index >= 15 is 0 Å². The lowest BCUT2D eigenvalue weighted by Gasteiger charge is -2.29. The molecule has 0 aromatic carbocycles. The summed E-state index contributed by atoms with van der Waals surface area (Å²) in [5.74, 6) is 0. The molecule has 0 fully saturated rings. The van der Waals surface area contributed by atoms with Gasteiger partial charge in [-0.25, -0.2) is 0 Å². The molecule has 104 valence electrons. The zero-order valence-corrected chi connectivity index (χ0v) is 10.5. The number of nitrogens with zero attached hydrogens (tertiary/aromatic N) is 1. The SMILES string of the molecule is CCC(CC)N(CCO)CCOCC(F)(F)F. The molecule has 0 spiro atoms. The van der Waals surface area contributed by atoms with Crippen LogP contribution in [0, 0.1) is 0 Å². The summed E-state index contributed by atoms with van der Waals surface area (Å²) in [5.41, 5.74) is 0. The number of rotatable bonds is 9. The van der Waals surface area contributed by atoms with Crippen LogP contribution >= 0.6 is 0 Å². The molecule has 0 heterocycles.